The lowest BCUT2D eigenvalue weighted by Crippen LogP contribution is -2.41. The van der Waals surface area contributed by atoms with Crippen LogP contribution in [0, 0.1) is 11.6 Å². The SMILES string of the molecule is CSC(CO)C(C)NC(=O)CCSc1ccc(F)c(F)c1. The van der Waals surface area contributed by atoms with Crippen LogP contribution in [0.1, 0.15) is 13.3 Å². The third-order valence-electron chi connectivity index (χ3n) is 2.92. The van der Waals surface area contributed by atoms with Crippen LogP contribution in [-0.2, 0) is 4.79 Å². The van der Waals surface area contributed by atoms with E-state index in [1.807, 2.05) is 13.2 Å². The van der Waals surface area contributed by atoms with Gasteiger partial charge in [-0.15, -0.1) is 11.8 Å². The van der Waals surface area contributed by atoms with E-state index in [0.717, 1.165) is 12.1 Å². The molecule has 0 aliphatic carbocycles. The Hall–Kier alpha value is -0.790. The number of aliphatic hydroxyl groups excluding tert-OH is 1. The Bertz CT molecular complexity index is 470. The van der Waals surface area contributed by atoms with Crippen molar-refractivity contribution < 1.29 is 18.7 Å². The summed E-state index contributed by atoms with van der Waals surface area (Å²) < 4.78 is 25.8. The van der Waals surface area contributed by atoms with Gasteiger partial charge in [0.25, 0.3) is 0 Å². The molecule has 0 radical (unpaired) electrons. The Labute approximate surface area is 131 Å². The number of hydrogen-bond donors (Lipinski definition) is 2. The van der Waals surface area contributed by atoms with Crippen molar-refractivity contribution in [1.29, 1.82) is 0 Å². The van der Waals surface area contributed by atoms with Gasteiger partial charge >= 0.3 is 0 Å². The smallest absolute Gasteiger partial charge is 0.221 e. The summed E-state index contributed by atoms with van der Waals surface area (Å²) in [5.74, 6) is -1.40. The Morgan fingerprint density at radius 2 is 2.10 bits per heavy atom. The van der Waals surface area contributed by atoms with Crippen LogP contribution in [0.15, 0.2) is 23.1 Å². The summed E-state index contributed by atoms with van der Waals surface area (Å²) >= 11 is 2.79. The predicted octanol–water partition coefficient (Wildman–Crippen LogP) is 2.68. The second kappa shape index (κ2) is 9.27. The minimum atomic E-state index is -0.885. The van der Waals surface area contributed by atoms with Gasteiger partial charge in [-0.1, -0.05) is 0 Å². The number of halogens is 2. The molecule has 0 aliphatic rings. The fourth-order valence-corrected chi connectivity index (χ4v) is 3.18. The zero-order valence-electron chi connectivity index (χ0n) is 11.9. The number of hydrogen-bond acceptors (Lipinski definition) is 4. The van der Waals surface area contributed by atoms with Crippen LogP contribution in [-0.4, -0.2) is 40.9 Å². The van der Waals surface area contributed by atoms with Crippen LogP contribution in [0.4, 0.5) is 8.78 Å². The number of nitrogens with one attached hydrogen (secondary N) is 1. The Balaban J connectivity index is 2.34. The molecule has 0 aliphatic heterocycles. The molecule has 0 spiro atoms. The highest BCUT2D eigenvalue weighted by Crippen LogP contribution is 2.21. The molecular weight excluding hydrogens is 316 g/mol. The van der Waals surface area contributed by atoms with E-state index in [1.54, 1.807) is 0 Å². The van der Waals surface area contributed by atoms with Crippen molar-refractivity contribution in [2.45, 2.75) is 29.5 Å². The normalized spacial score (nSPS) is 13.8. The standard InChI is InChI=1S/C14H19F2NO2S2/c1-9(13(8-18)20-2)17-14(19)5-6-21-10-3-4-11(15)12(16)7-10/h3-4,7,9,13,18H,5-6,8H2,1-2H3,(H,17,19). The minimum absolute atomic E-state index is 0.00617. The van der Waals surface area contributed by atoms with Crippen LogP contribution in [0.5, 0.6) is 0 Å². The Morgan fingerprint density at radius 1 is 1.38 bits per heavy atom. The molecule has 0 heterocycles. The molecule has 21 heavy (non-hydrogen) atoms. The molecule has 1 aromatic carbocycles. The first-order chi connectivity index (χ1) is 9.97. The van der Waals surface area contributed by atoms with Gasteiger partial charge < -0.3 is 10.4 Å². The van der Waals surface area contributed by atoms with Crippen LogP contribution >= 0.6 is 23.5 Å². The van der Waals surface area contributed by atoms with E-state index < -0.39 is 11.6 Å². The van der Waals surface area contributed by atoms with Gasteiger partial charge in [0.15, 0.2) is 11.6 Å². The average Bonchev–Trinajstić information content (AvgIpc) is 2.44. The molecule has 2 unspecified atom stereocenters. The van der Waals surface area contributed by atoms with E-state index in [0.29, 0.717) is 10.6 Å². The maximum atomic E-state index is 13.0. The molecule has 2 N–H and O–H groups in total. The highest BCUT2D eigenvalue weighted by atomic mass is 32.2. The van der Waals surface area contributed by atoms with Crippen molar-refractivity contribution >= 4 is 29.4 Å². The number of rotatable bonds is 8. The molecule has 0 fully saturated rings. The van der Waals surface area contributed by atoms with E-state index in [1.165, 1.54) is 29.6 Å². The Morgan fingerprint density at radius 3 is 2.67 bits per heavy atom. The summed E-state index contributed by atoms with van der Waals surface area (Å²) in [5.41, 5.74) is 0. The fraction of sp³-hybridized carbons (Fsp3) is 0.500. The second-order valence-corrected chi connectivity index (χ2v) is 6.73. The van der Waals surface area contributed by atoms with Crippen molar-refractivity contribution in [2.24, 2.45) is 0 Å². The van der Waals surface area contributed by atoms with Crippen molar-refractivity contribution in [3.8, 4) is 0 Å². The molecule has 3 nitrogen and oxygen atoms in total. The van der Waals surface area contributed by atoms with Crippen molar-refractivity contribution in [3.63, 3.8) is 0 Å². The van der Waals surface area contributed by atoms with E-state index in [9.17, 15) is 13.6 Å². The van der Waals surface area contributed by atoms with Gasteiger partial charge in [0.2, 0.25) is 5.91 Å². The minimum Gasteiger partial charge on any atom is -0.395 e. The van der Waals surface area contributed by atoms with E-state index >= 15 is 0 Å². The first kappa shape index (κ1) is 18.3. The van der Waals surface area contributed by atoms with Crippen LogP contribution in [0.2, 0.25) is 0 Å². The lowest BCUT2D eigenvalue weighted by atomic mass is 10.2. The quantitative estimate of drug-likeness (QED) is 0.717. The predicted molar refractivity (Wildman–Crippen MR) is 83.7 cm³/mol. The summed E-state index contributed by atoms with van der Waals surface area (Å²) in [4.78, 5) is 12.3. The zero-order chi connectivity index (χ0) is 15.8. The molecular formula is C14H19F2NO2S2. The molecule has 0 bridgehead atoms. The Kier molecular flexibility index (Phi) is 8.06. The lowest BCUT2D eigenvalue weighted by molar-refractivity contribution is -0.121. The van der Waals surface area contributed by atoms with E-state index in [4.69, 9.17) is 5.11 Å². The molecule has 1 amide bonds. The van der Waals surface area contributed by atoms with Gasteiger partial charge in [-0.3, -0.25) is 4.79 Å². The number of carbonyl (C=O) groups excluding carboxylic acids is 1. The number of aliphatic hydroxyl groups is 1. The monoisotopic (exact) mass is 335 g/mol. The zero-order valence-corrected chi connectivity index (χ0v) is 13.6. The van der Waals surface area contributed by atoms with Gasteiger partial charge in [0, 0.05) is 28.4 Å². The van der Waals surface area contributed by atoms with Gasteiger partial charge in [0.1, 0.15) is 0 Å². The van der Waals surface area contributed by atoms with Crippen molar-refractivity contribution in [3.05, 3.63) is 29.8 Å². The molecule has 2 atom stereocenters. The van der Waals surface area contributed by atoms with Gasteiger partial charge in [-0.05, 0) is 31.4 Å². The summed E-state index contributed by atoms with van der Waals surface area (Å²) in [7, 11) is 0. The number of thioether (sulfide) groups is 2. The van der Waals surface area contributed by atoms with E-state index in [2.05, 4.69) is 5.32 Å². The van der Waals surface area contributed by atoms with Gasteiger partial charge in [-0.25, -0.2) is 8.78 Å². The summed E-state index contributed by atoms with van der Waals surface area (Å²) in [6.45, 7) is 1.85. The lowest BCUT2D eigenvalue weighted by Gasteiger charge is -2.21. The summed E-state index contributed by atoms with van der Waals surface area (Å²) in [6.07, 6.45) is 2.16. The van der Waals surface area contributed by atoms with Gasteiger partial charge in [0.05, 0.1) is 6.61 Å². The highest BCUT2D eigenvalue weighted by molar-refractivity contribution is 7.99. The van der Waals surface area contributed by atoms with E-state index in [-0.39, 0.29) is 30.2 Å². The van der Waals surface area contributed by atoms with Crippen molar-refractivity contribution in [1.82, 2.24) is 5.32 Å². The van der Waals surface area contributed by atoms with Crippen LogP contribution in [0.3, 0.4) is 0 Å². The molecule has 1 rings (SSSR count). The van der Waals surface area contributed by atoms with Crippen LogP contribution in [0.25, 0.3) is 0 Å². The van der Waals surface area contributed by atoms with Crippen molar-refractivity contribution in [2.75, 3.05) is 18.6 Å². The average molecular weight is 335 g/mol. The third-order valence-corrected chi connectivity index (χ3v) is 5.08. The maximum absolute atomic E-state index is 13.0. The maximum Gasteiger partial charge on any atom is 0.221 e. The molecule has 7 heteroatoms. The fourth-order valence-electron chi connectivity index (χ4n) is 1.68. The molecule has 0 aromatic heterocycles. The third kappa shape index (κ3) is 6.23. The molecule has 118 valence electrons. The van der Waals surface area contributed by atoms with Gasteiger partial charge in [-0.2, -0.15) is 11.8 Å². The number of amides is 1. The summed E-state index contributed by atoms with van der Waals surface area (Å²) in [6, 6.07) is 3.56. The number of benzene rings is 1. The first-order valence-corrected chi connectivity index (χ1v) is 8.76. The first-order valence-electron chi connectivity index (χ1n) is 6.48. The molecule has 0 saturated carbocycles. The second-order valence-electron chi connectivity index (χ2n) is 4.49. The number of carbonyl (C=O) groups is 1. The highest BCUT2D eigenvalue weighted by Gasteiger charge is 2.17. The summed E-state index contributed by atoms with van der Waals surface area (Å²) in [5, 5.41) is 11.9. The van der Waals surface area contributed by atoms with Crippen LogP contribution < -0.4 is 5.32 Å². The molecule has 0 saturated heterocycles. The largest absolute Gasteiger partial charge is 0.395 e. The molecule has 1 aromatic rings. The topological polar surface area (TPSA) is 49.3 Å².